The summed E-state index contributed by atoms with van der Waals surface area (Å²) in [6.45, 7) is 5.57. The highest BCUT2D eigenvalue weighted by atomic mass is 16.5. The molecule has 0 aromatic carbocycles. The van der Waals surface area contributed by atoms with E-state index in [9.17, 15) is 0 Å². The van der Waals surface area contributed by atoms with Crippen LogP contribution in [0, 0.1) is 11.8 Å². The zero-order chi connectivity index (χ0) is 9.10. The van der Waals surface area contributed by atoms with Crippen molar-refractivity contribution < 1.29 is 4.74 Å². The Morgan fingerprint density at radius 3 is 2.85 bits per heavy atom. The minimum atomic E-state index is 0.516. The molecular formula is C11H21NO. The highest BCUT2D eigenvalue weighted by molar-refractivity contribution is 4.79. The summed E-state index contributed by atoms with van der Waals surface area (Å²) in [5.74, 6) is 1.66. The van der Waals surface area contributed by atoms with Crippen LogP contribution in [0.15, 0.2) is 0 Å². The molecule has 2 nitrogen and oxygen atoms in total. The number of hydrogen-bond donors (Lipinski definition) is 1. The summed E-state index contributed by atoms with van der Waals surface area (Å²) >= 11 is 0. The Labute approximate surface area is 81.0 Å². The van der Waals surface area contributed by atoms with Gasteiger partial charge in [-0.15, -0.1) is 0 Å². The van der Waals surface area contributed by atoms with Gasteiger partial charge in [-0.2, -0.15) is 0 Å². The molecule has 0 bridgehead atoms. The zero-order valence-electron chi connectivity index (χ0n) is 8.59. The highest BCUT2D eigenvalue weighted by Crippen LogP contribution is 2.34. The van der Waals surface area contributed by atoms with Crippen molar-refractivity contribution >= 4 is 0 Å². The molecule has 2 atom stereocenters. The Balaban J connectivity index is 1.60. The first-order valence-electron chi connectivity index (χ1n) is 5.68. The van der Waals surface area contributed by atoms with E-state index in [1.54, 1.807) is 0 Å². The topological polar surface area (TPSA) is 21.3 Å². The molecule has 2 rings (SSSR count). The normalized spacial score (nSPS) is 31.6. The van der Waals surface area contributed by atoms with Crippen molar-refractivity contribution in [3.63, 3.8) is 0 Å². The average Bonchev–Trinajstić information content (AvgIpc) is 2.99. The van der Waals surface area contributed by atoms with Crippen LogP contribution in [0.25, 0.3) is 0 Å². The van der Waals surface area contributed by atoms with Crippen molar-refractivity contribution in [1.82, 2.24) is 5.32 Å². The third kappa shape index (κ3) is 2.96. The summed E-state index contributed by atoms with van der Waals surface area (Å²) in [4.78, 5) is 0. The number of nitrogens with one attached hydrogen (secondary N) is 1. The Morgan fingerprint density at radius 2 is 2.23 bits per heavy atom. The molecule has 2 heteroatoms. The SMILES string of the molecule is CC(OCC1CCCNC1)C1CC1. The van der Waals surface area contributed by atoms with E-state index in [2.05, 4.69) is 12.2 Å². The van der Waals surface area contributed by atoms with Gasteiger partial charge in [0.2, 0.25) is 0 Å². The van der Waals surface area contributed by atoms with E-state index < -0.39 is 0 Å². The summed E-state index contributed by atoms with van der Waals surface area (Å²) < 4.78 is 5.87. The summed E-state index contributed by atoms with van der Waals surface area (Å²) in [6, 6.07) is 0. The number of rotatable bonds is 4. The summed E-state index contributed by atoms with van der Waals surface area (Å²) in [6.07, 6.45) is 5.98. The molecular weight excluding hydrogens is 162 g/mol. The van der Waals surface area contributed by atoms with Gasteiger partial charge in [0, 0.05) is 6.54 Å². The third-order valence-corrected chi connectivity index (χ3v) is 3.28. The first-order chi connectivity index (χ1) is 6.36. The second-order valence-electron chi connectivity index (χ2n) is 4.59. The van der Waals surface area contributed by atoms with Crippen molar-refractivity contribution in [2.75, 3.05) is 19.7 Å². The van der Waals surface area contributed by atoms with E-state index in [1.165, 1.54) is 32.2 Å². The fraction of sp³-hybridized carbons (Fsp3) is 1.00. The minimum Gasteiger partial charge on any atom is -0.378 e. The standard InChI is InChI=1S/C11H21NO/c1-9(11-4-5-11)13-8-10-3-2-6-12-7-10/h9-12H,2-8H2,1H3. The Hall–Kier alpha value is -0.0800. The second kappa shape index (κ2) is 4.43. The van der Waals surface area contributed by atoms with Gasteiger partial charge in [0.05, 0.1) is 12.7 Å². The van der Waals surface area contributed by atoms with Gasteiger partial charge in [-0.3, -0.25) is 0 Å². The predicted octanol–water partition coefficient (Wildman–Crippen LogP) is 1.80. The van der Waals surface area contributed by atoms with Gasteiger partial charge in [-0.25, -0.2) is 0 Å². The van der Waals surface area contributed by atoms with Crippen molar-refractivity contribution in [1.29, 1.82) is 0 Å². The molecule has 0 radical (unpaired) electrons. The molecule has 0 aromatic heterocycles. The van der Waals surface area contributed by atoms with E-state index in [-0.39, 0.29) is 0 Å². The third-order valence-electron chi connectivity index (χ3n) is 3.28. The molecule has 76 valence electrons. The zero-order valence-corrected chi connectivity index (χ0v) is 8.59. The van der Waals surface area contributed by atoms with Crippen LogP contribution in [0.1, 0.15) is 32.6 Å². The van der Waals surface area contributed by atoms with Crippen LogP contribution in [-0.4, -0.2) is 25.8 Å². The lowest BCUT2D eigenvalue weighted by atomic mass is 10.0. The lowest BCUT2D eigenvalue weighted by molar-refractivity contribution is 0.0222. The second-order valence-corrected chi connectivity index (χ2v) is 4.59. The molecule has 0 amide bonds. The van der Waals surface area contributed by atoms with E-state index in [0.717, 1.165) is 25.0 Å². The molecule has 1 aliphatic carbocycles. The smallest absolute Gasteiger partial charge is 0.0575 e. The Morgan fingerprint density at radius 1 is 1.38 bits per heavy atom. The van der Waals surface area contributed by atoms with Crippen LogP contribution in [-0.2, 0) is 4.74 Å². The summed E-state index contributed by atoms with van der Waals surface area (Å²) in [7, 11) is 0. The van der Waals surface area contributed by atoms with Crippen LogP contribution < -0.4 is 5.32 Å². The largest absolute Gasteiger partial charge is 0.378 e. The maximum atomic E-state index is 5.87. The lowest BCUT2D eigenvalue weighted by Gasteiger charge is -2.24. The first-order valence-corrected chi connectivity index (χ1v) is 5.68. The molecule has 13 heavy (non-hydrogen) atoms. The first kappa shape index (κ1) is 9.47. The maximum absolute atomic E-state index is 5.87. The van der Waals surface area contributed by atoms with Gasteiger partial charge in [-0.1, -0.05) is 0 Å². The Bertz CT molecular complexity index is 150. The van der Waals surface area contributed by atoms with Crippen molar-refractivity contribution in [2.45, 2.75) is 38.7 Å². The van der Waals surface area contributed by atoms with Gasteiger partial charge < -0.3 is 10.1 Å². The molecule has 1 saturated carbocycles. The van der Waals surface area contributed by atoms with Gasteiger partial charge in [-0.05, 0) is 51.0 Å². The number of piperidine rings is 1. The molecule has 0 spiro atoms. The minimum absolute atomic E-state index is 0.516. The van der Waals surface area contributed by atoms with Crippen molar-refractivity contribution in [3.05, 3.63) is 0 Å². The van der Waals surface area contributed by atoms with Crippen molar-refractivity contribution in [2.24, 2.45) is 11.8 Å². The van der Waals surface area contributed by atoms with Crippen molar-refractivity contribution in [3.8, 4) is 0 Å². The fourth-order valence-corrected chi connectivity index (χ4v) is 2.06. The molecule has 2 aliphatic rings. The molecule has 1 saturated heterocycles. The van der Waals surface area contributed by atoms with Crippen LogP contribution in [0.3, 0.4) is 0 Å². The molecule has 1 N–H and O–H groups in total. The molecule has 1 heterocycles. The Kier molecular flexibility index (Phi) is 3.23. The van der Waals surface area contributed by atoms with Crippen LogP contribution in [0.2, 0.25) is 0 Å². The molecule has 1 aliphatic heterocycles. The predicted molar refractivity (Wildman–Crippen MR) is 53.7 cm³/mol. The fourth-order valence-electron chi connectivity index (χ4n) is 2.06. The van der Waals surface area contributed by atoms with E-state index >= 15 is 0 Å². The number of ether oxygens (including phenoxy) is 1. The van der Waals surface area contributed by atoms with E-state index in [4.69, 9.17) is 4.74 Å². The van der Waals surface area contributed by atoms with Gasteiger partial charge >= 0.3 is 0 Å². The molecule has 2 fully saturated rings. The monoisotopic (exact) mass is 183 g/mol. The van der Waals surface area contributed by atoms with Gasteiger partial charge in [0.25, 0.3) is 0 Å². The molecule has 2 unspecified atom stereocenters. The van der Waals surface area contributed by atoms with Gasteiger partial charge in [0.15, 0.2) is 0 Å². The number of hydrogen-bond acceptors (Lipinski definition) is 2. The van der Waals surface area contributed by atoms with Crippen LogP contribution in [0.4, 0.5) is 0 Å². The van der Waals surface area contributed by atoms with Crippen LogP contribution in [0.5, 0.6) is 0 Å². The quantitative estimate of drug-likeness (QED) is 0.717. The van der Waals surface area contributed by atoms with E-state index in [1.807, 2.05) is 0 Å². The molecule has 0 aromatic rings. The summed E-state index contributed by atoms with van der Waals surface area (Å²) in [5.41, 5.74) is 0. The lowest BCUT2D eigenvalue weighted by Crippen LogP contribution is -2.33. The summed E-state index contributed by atoms with van der Waals surface area (Å²) in [5, 5.41) is 3.42. The van der Waals surface area contributed by atoms with Gasteiger partial charge in [0.1, 0.15) is 0 Å². The maximum Gasteiger partial charge on any atom is 0.0575 e. The van der Waals surface area contributed by atoms with Crippen LogP contribution >= 0.6 is 0 Å². The average molecular weight is 183 g/mol. The van der Waals surface area contributed by atoms with E-state index in [0.29, 0.717) is 6.10 Å². The highest BCUT2D eigenvalue weighted by Gasteiger charge is 2.29.